The van der Waals surface area contributed by atoms with Crippen molar-refractivity contribution in [3.63, 3.8) is 0 Å². The summed E-state index contributed by atoms with van der Waals surface area (Å²) < 4.78 is 9.68. The van der Waals surface area contributed by atoms with E-state index in [9.17, 15) is 0 Å². The molecule has 0 radical (unpaired) electrons. The standard InChI is InChI=1S/C2H4.CH2N2.CH2.U/c1-2;2-1-3;;/h1H,2H3;1-2H;1H2;. The van der Waals surface area contributed by atoms with E-state index in [1.54, 1.807) is 0 Å². The third-order valence-corrected chi connectivity index (χ3v) is 5.26. The van der Waals surface area contributed by atoms with Crippen molar-refractivity contribution in [3.8, 4) is 0 Å². The summed E-state index contributed by atoms with van der Waals surface area (Å²) in [5.41, 5.74) is 0. The Bertz CT molecular complexity index is 176. The third-order valence-electron chi connectivity index (χ3n) is 0.564. The van der Waals surface area contributed by atoms with Gasteiger partial charge in [0.15, 0.2) is 0 Å². The fourth-order valence-electron chi connectivity index (χ4n) is 0.157. The minimum absolute atomic E-state index is 1.11. The number of nitrogens with zero attached hydrogens (tertiary/aromatic N) is 1. The van der Waals surface area contributed by atoms with E-state index in [0.717, 1.165) is 6.34 Å². The summed E-state index contributed by atoms with van der Waals surface area (Å²) in [6, 6.07) is 0. The van der Waals surface area contributed by atoms with Crippen LogP contribution in [0.2, 0.25) is 0 Å². The van der Waals surface area contributed by atoms with Crippen molar-refractivity contribution in [1.29, 1.82) is 5.41 Å². The molecule has 7 heavy (non-hydrogen) atoms. The SMILES string of the molecule is [CH2]=[U](=[CH]C)=[N]C=N. The summed E-state index contributed by atoms with van der Waals surface area (Å²) in [6.45, 7) is 1.96. The molecule has 0 aromatic heterocycles. The van der Waals surface area contributed by atoms with Crippen LogP contribution in [0.15, 0.2) is 2.26 Å². The molecule has 3 heteroatoms. The van der Waals surface area contributed by atoms with Gasteiger partial charge in [-0.15, -0.1) is 0 Å². The number of nitrogens with one attached hydrogen (secondary N) is 1. The van der Waals surface area contributed by atoms with Gasteiger partial charge < -0.3 is 0 Å². The zero-order valence-electron chi connectivity index (χ0n) is 4.31. The molecule has 0 amide bonds. The van der Waals surface area contributed by atoms with Gasteiger partial charge in [-0.2, -0.15) is 0 Å². The predicted octanol–water partition coefficient (Wildman–Crippen LogP) is 0.652. The monoisotopic (exact) mass is 322 g/mol. The Kier molecular flexibility index (Phi) is 4.59. The molecule has 38 valence electrons. The predicted molar refractivity (Wildman–Crippen MR) is 30.1 cm³/mol. The zero-order valence-corrected chi connectivity index (χ0v) is 8.47. The van der Waals surface area contributed by atoms with Crippen molar-refractivity contribution in [2.75, 3.05) is 0 Å². The van der Waals surface area contributed by atoms with Gasteiger partial charge in [-0.3, -0.25) is 0 Å². The van der Waals surface area contributed by atoms with E-state index in [0.29, 0.717) is 0 Å². The number of hydrogen-bond acceptors (Lipinski definition) is 1. The molecule has 0 aromatic rings. The molecule has 0 spiro atoms. The van der Waals surface area contributed by atoms with E-state index in [1.807, 2.05) is 9.95 Å². The van der Waals surface area contributed by atoms with E-state index in [1.165, 1.54) is 0 Å². The molecule has 2 nitrogen and oxygen atoms in total. The van der Waals surface area contributed by atoms with E-state index in [2.05, 4.69) is 5.79 Å². The molecule has 0 atom stereocenters. The second-order valence-electron chi connectivity index (χ2n) is 1.04. The van der Waals surface area contributed by atoms with Gasteiger partial charge in [-0.1, -0.05) is 0 Å². The van der Waals surface area contributed by atoms with Crippen LogP contribution in [0.5, 0.6) is 0 Å². The van der Waals surface area contributed by atoms with Gasteiger partial charge in [-0.05, 0) is 0 Å². The molecule has 1 N–H and O–H groups in total. The van der Waals surface area contributed by atoms with Gasteiger partial charge in [0.05, 0.1) is 0 Å². The molecule has 0 bridgehead atoms. The Hall–Kier alpha value is 0.262. The van der Waals surface area contributed by atoms with Gasteiger partial charge in [0, 0.05) is 0 Å². The minimum atomic E-state index is -1.86. The van der Waals surface area contributed by atoms with E-state index < -0.39 is 24.9 Å². The van der Waals surface area contributed by atoms with Crippen molar-refractivity contribution in [1.82, 2.24) is 0 Å². The molecule has 0 aliphatic heterocycles. The normalized spacial score (nSPS) is 7.00. The molecule has 0 saturated carbocycles. The maximum atomic E-state index is 6.54. The average molecular weight is 322 g/mol. The third kappa shape index (κ3) is 4.11. The van der Waals surface area contributed by atoms with Crippen LogP contribution in [-0.4, -0.2) is 12.9 Å². The van der Waals surface area contributed by atoms with Crippen molar-refractivity contribution in [3.05, 3.63) is 0 Å². The van der Waals surface area contributed by atoms with Crippen LogP contribution in [0.1, 0.15) is 6.92 Å². The summed E-state index contributed by atoms with van der Waals surface area (Å²) in [6.07, 6.45) is 1.11. The summed E-state index contributed by atoms with van der Waals surface area (Å²) in [7, 11) is 0. The molecule has 0 unspecified atom stereocenters. The quantitative estimate of drug-likeness (QED) is 0.544. The molecule has 0 heterocycles. The first-order valence-corrected chi connectivity index (χ1v) is 9.20. The Balaban J connectivity index is 4.35. The number of hydrogen-bond donors (Lipinski definition) is 1. The first kappa shape index (κ1) is 7.26. The second-order valence-corrected chi connectivity index (χ2v) is 8.61. The molecule has 0 aromatic carbocycles. The maximum absolute atomic E-state index is 6.54. The Morgan fingerprint density at radius 2 is 2.43 bits per heavy atom. The van der Waals surface area contributed by atoms with Crippen molar-refractivity contribution in [2.24, 2.45) is 2.26 Å². The van der Waals surface area contributed by atoms with Crippen molar-refractivity contribution in [2.45, 2.75) is 6.92 Å². The average Bonchev–Trinajstić information content (AvgIpc) is 1.68. The molecular formula is C4H8N2U. The first-order chi connectivity index (χ1) is 3.31. The molecule has 0 aliphatic carbocycles. The van der Waals surface area contributed by atoms with Crippen LogP contribution >= 0.6 is 0 Å². The Morgan fingerprint density at radius 1 is 1.86 bits per heavy atom. The Morgan fingerprint density at radius 3 is 2.57 bits per heavy atom. The van der Waals surface area contributed by atoms with Crippen LogP contribution in [0.4, 0.5) is 0 Å². The molecular weight excluding hydrogens is 314 g/mol. The van der Waals surface area contributed by atoms with E-state index in [4.69, 9.17) is 5.41 Å². The fraction of sp³-hybridized carbons (Fsp3) is 0.250. The topological polar surface area (TPSA) is 36.2 Å². The van der Waals surface area contributed by atoms with Gasteiger partial charge >= 0.3 is 52.4 Å². The second kappa shape index (κ2) is 4.42. The van der Waals surface area contributed by atoms with Crippen molar-refractivity contribution < 1.29 is 24.9 Å². The van der Waals surface area contributed by atoms with Crippen LogP contribution in [0.3, 0.4) is 0 Å². The van der Waals surface area contributed by atoms with Crippen LogP contribution in [0.25, 0.3) is 0 Å². The van der Waals surface area contributed by atoms with Crippen LogP contribution in [-0.2, 0) is 0 Å². The van der Waals surface area contributed by atoms with E-state index >= 15 is 0 Å². The zero-order chi connectivity index (χ0) is 5.70. The van der Waals surface area contributed by atoms with Gasteiger partial charge in [-0.25, -0.2) is 0 Å². The van der Waals surface area contributed by atoms with Crippen LogP contribution in [0, 0.1) is 30.3 Å². The van der Waals surface area contributed by atoms with E-state index in [-0.39, 0.29) is 0 Å². The van der Waals surface area contributed by atoms with Gasteiger partial charge in [0.2, 0.25) is 0 Å². The summed E-state index contributed by atoms with van der Waals surface area (Å²) >= 11 is -1.86. The summed E-state index contributed by atoms with van der Waals surface area (Å²) in [4.78, 5) is 0. The molecule has 0 rings (SSSR count). The van der Waals surface area contributed by atoms with Crippen molar-refractivity contribution >= 4 is 12.9 Å². The summed E-state index contributed by atoms with van der Waals surface area (Å²) in [5, 5.41) is 6.54. The fourth-order valence-corrected chi connectivity index (χ4v) is 1.47. The molecule has 0 aliphatic rings. The number of rotatable bonds is 1. The first-order valence-electron chi connectivity index (χ1n) is 1.99. The van der Waals surface area contributed by atoms with Crippen LogP contribution < -0.4 is 0 Å². The summed E-state index contributed by atoms with van der Waals surface area (Å²) in [5.74, 6) is 0. The molecule has 0 saturated heterocycles. The Labute approximate surface area is 52.3 Å². The van der Waals surface area contributed by atoms with Gasteiger partial charge in [0.1, 0.15) is 0 Å². The molecule has 0 fully saturated rings. The van der Waals surface area contributed by atoms with Gasteiger partial charge in [0.25, 0.3) is 0 Å².